The van der Waals surface area contributed by atoms with Gasteiger partial charge in [0.05, 0.1) is 0 Å². The van der Waals surface area contributed by atoms with Crippen LogP contribution in [-0.2, 0) is 19.6 Å². The van der Waals surface area contributed by atoms with Crippen LogP contribution in [0.3, 0.4) is 0 Å². The number of aryl methyl sites for hydroxylation is 1. The Kier molecular flexibility index (Phi) is 4.88. The Balaban J connectivity index is 2.04. The highest BCUT2D eigenvalue weighted by Gasteiger charge is 2.07. The molecule has 0 unspecified atom stereocenters. The SMILES string of the molecule is Cc1ccc(CN(C)Cc2cc(CN)ccc2F)cc1. The Morgan fingerprint density at radius 2 is 1.65 bits per heavy atom. The highest BCUT2D eigenvalue weighted by atomic mass is 19.1. The molecule has 0 bridgehead atoms. The molecule has 0 atom stereocenters. The molecule has 0 fully saturated rings. The topological polar surface area (TPSA) is 29.3 Å². The first-order chi connectivity index (χ1) is 9.58. The number of hydrogen-bond donors (Lipinski definition) is 1. The molecule has 106 valence electrons. The van der Waals surface area contributed by atoms with E-state index in [2.05, 4.69) is 36.1 Å². The molecular formula is C17H21FN2. The molecule has 0 aliphatic rings. The molecule has 0 aromatic heterocycles. The van der Waals surface area contributed by atoms with Gasteiger partial charge in [-0.1, -0.05) is 42.0 Å². The predicted octanol–water partition coefficient (Wildman–Crippen LogP) is 3.22. The lowest BCUT2D eigenvalue weighted by Gasteiger charge is -2.18. The zero-order valence-electron chi connectivity index (χ0n) is 12.1. The fraction of sp³-hybridized carbons (Fsp3) is 0.294. The third kappa shape index (κ3) is 3.89. The first kappa shape index (κ1) is 14.7. The zero-order valence-corrected chi connectivity index (χ0v) is 12.1. The monoisotopic (exact) mass is 272 g/mol. The summed E-state index contributed by atoms with van der Waals surface area (Å²) in [6.07, 6.45) is 0. The van der Waals surface area contributed by atoms with Crippen LogP contribution >= 0.6 is 0 Å². The van der Waals surface area contributed by atoms with Crippen LogP contribution in [0.25, 0.3) is 0 Å². The predicted molar refractivity (Wildman–Crippen MR) is 80.6 cm³/mol. The molecule has 0 heterocycles. The quantitative estimate of drug-likeness (QED) is 0.905. The lowest BCUT2D eigenvalue weighted by Crippen LogP contribution is -2.18. The lowest BCUT2D eigenvalue weighted by atomic mass is 10.1. The smallest absolute Gasteiger partial charge is 0.127 e. The van der Waals surface area contributed by atoms with E-state index in [9.17, 15) is 4.39 Å². The molecule has 0 spiro atoms. The summed E-state index contributed by atoms with van der Waals surface area (Å²) in [7, 11) is 1.99. The van der Waals surface area contributed by atoms with Gasteiger partial charge in [0.2, 0.25) is 0 Å². The number of halogens is 1. The highest BCUT2D eigenvalue weighted by Crippen LogP contribution is 2.14. The van der Waals surface area contributed by atoms with Gasteiger partial charge in [-0.15, -0.1) is 0 Å². The average molecular weight is 272 g/mol. The maximum absolute atomic E-state index is 13.8. The summed E-state index contributed by atoms with van der Waals surface area (Å²) >= 11 is 0. The van der Waals surface area contributed by atoms with Crippen molar-refractivity contribution in [2.75, 3.05) is 7.05 Å². The Labute approximate surface area is 120 Å². The largest absolute Gasteiger partial charge is 0.326 e. The second-order valence-electron chi connectivity index (χ2n) is 5.29. The van der Waals surface area contributed by atoms with Crippen molar-refractivity contribution < 1.29 is 4.39 Å². The molecule has 2 N–H and O–H groups in total. The fourth-order valence-electron chi connectivity index (χ4n) is 2.23. The van der Waals surface area contributed by atoms with Gasteiger partial charge in [0.1, 0.15) is 5.82 Å². The maximum atomic E-state index is 13.8. The van der Waals surface area contributed by atoms with E-state index in [1.165, 1.54) is 17.2 Å². The number of hydrogen-bond acceptors (Lipinski definition) is 2. The van der Waals surface area contributed by atoms with E-state index in [-0.39, 0.29) is 5.82 Å². The van der Waals surface area contributed by atoms with Crippen molar-refractivity contribution in [3.8, 4) is 0 Å². The van der Waals surface area contributed by atoms with Gasteiger partial charge in [-0.25, -0.2) is 4.39 Å². The van der Waals surface area contributed by atoms with E-state index in [1.54, 1.807) is 6.07 Å². The van der Waals surface area contributed by atoms with Gasteiger partial charge < -0.3 is 5.73 Å². The summed E-state index contributed by atoms with van der Waals surface area (Å²) in [5.74, 6) is -0.169. The van der Waals surface area contributed by atoms with Gasteiger partial charge in [0.15, 0.2) is 0 Å². The summed E-state index contributed by atoms with van der Waals surface area (Å²) in [5, 5.41) is 0. The van der Waals surface area contributed by atoms with Gasteiger partial charge >= 0.3 is 0 Å². The molecule has 0 radical (unpaired) electrons. The van der Waals surface area contributed by atoms with Gasteiger partial charge in [-0.2, -0.15) is 0 Å². The number of nitrogens with zero attached hydrogens (tertiary/aromatic N) is 1. The lowest BCUT2D eigenvalue weighted by molar-refractivity contribution is 0.313. The highest BCUT2D eigenvalue weighted by molar-refractivity contribution is 5.25. The minimum atomic E-state index is -0.169. The van der Waals surface area contributed by atoms with Crippen LogP contribution in [0.2, 0.25) is 0 Å². The molecule has 0 amide bonds. The molecule has 2 rings (SSSR count). The summed E-state index contributed by atoms with van der Waals surface area (Å²) in [5.41, 5.74) is 9.74. The van der Waals surface area contributed by atoms with Crippen molar-refractivity contribution in [2.24, 2.45) is 5.73 Å². The van der Waals surface area contributed by atoms with Gasteiger partial charge in [0.25, 0.3) is 0 Å². The van der Waals surface area contributed by atoms with E-state index in [0.717, 1.165) is 12.1 Å². The van der Waals surface area contributed by atoms with Crippen LogP contribution < -0.4 is 5.73 Å². The summed E-state index contributed by atoms with van der Waals surface area (Å²) < 4.78 is 13.8. The maximum Gasteiger partial charge on any atom is 0.127 e. The average Bonchev–Trinajstić information content (AvgIpc) is 2.44. The first-order valence-corrected chi connectivity index (χ1v) is 6.80. The van der Waals surface area contributed by atoms with Crippen LogP contribution in [0.4, 0.5) is 4.39 Å². The number of rotatable bonds is 5. The molecule has 3 heteroatoms. The van der Waals surface area contributed by atoms with Crippen molar-refractivity contribution in [2.45, 2.75) is 26.6 Å². The minimum Gasteiger partial charge on any atom is -0.326 e. The van der Waals surface area contributed by atoms with Crippen LogP contribution in [0.1, 0.15) is 22.3 Å². The summed E-state index contributed by atoms with van der Waals surface area (Å²) in [6, 6.07) is 13.5. The Morgan fingerprint density at radius 3 is 2.30 bits per heavy atom. The van der Waals surface area contributed by atoms with Gasteiger partial charge in [0, 0.05) is 25.2 Å². The molecule has 20 heavy (non-hydrogen) atoms. The van der Waals surface area contributed by atoms with Crippen LogP contribution in [0.5, 0.6) is 0 Å². The van der Waals surface area contributed by atoms with E-state index in [0.29, 0.717) is 18.7 Å². The van der Waals surface area contributed by atoms with Crippen molar-refractivity contribution in [3.05, 3.63) is 70.5 Å². The Bertz CT molecular complexity index is 564. The van der Waals surface area contributed by atoms with E-state index in [4.69, 9.17) is 5.73 Å². The normalized spacial score (nSPS) is 11.1. The van der Waals surface area contributed by atoms with E-state index < -0.39 is 0 Å². The van der Waals surface area contributed by atoms with Crippen molar-refractivity contribution in [1.29, 1.82) is 0 Å². The van der Waals surface area contributed by atoms with Crippen LogP contribution in [-0.4, -0.2) is 11.9 Å². The standard InChI is InChI=1S/C17H21FN2/c1-13-3-5-14(6-4-13)11-20(2)12-16-9-15(10-19)7-8-17(16)18/h3-9H,10-12,19H2,1-2H3. The van der Waals surface area contributed by atoms with Crippen molar-refractivity contribution in [3.63, 3.8) is 0 Å². The van der Waals surface area contributed by atoms with Crippen LogP contribution in [0, 0.1) is 12.7 Å². The Morgan fingerprint density at radius 1 is 1.00 bits per heavy atom. The third-order valence-electron chi connectivity index (χ3n) is 3.36. The van der Waals surface area contributed by atoms with Crippen molar-refractivity contribution in [1.82, 2.24) is 4.90 Å². The first-order valence-electron chi connectivity index (χ1n) is 6.80. The second-order valence-corrected chi connectivity index (χ2v) is 5.29. The molecule has 2 aromatic carbocycles. The van der Waals surface area contributed by atoms with Gasteiger partial charge in [-0.05, 0) is 31.2 Å². The fourth-order valence-corrected chi connectivity index (χ4v) is 2.23. The Hall–Kier alpha value is -1.71. The summed E-state index contributed by atoms with van der Waals surface area (Å²) in [4.78, 5) is 2.10. The third-order valence-corrected chi connectivity index (χ3v) is 3.36. The van der Waals surface area contributed by atoms with Gasteiger partial charge in [-0.3, -0.25) is 4.90 Å². The second kappa shape index (κ2) is 6.64. The molecular weight excluding hydrogens is 251 g/mol. The van der Waals surface area contributed by atoms with Crippen molar-refractivity contribution >= 4 is 0 Å². The van der Waals surface area contributed by atoms with E-state index >= 15 is 0 Å². The summed E-state index contributed by atoms with van der Waals surface area (Å²) in [6.45, 7) is 3.89. The molecule has 0 saturated carbocycles. The molecule has 2 nitrogen and oxygen atoms in total. The molecule has 0 aliphatic carbocycles. The molecule has 0 saturated heterocycles. The minimum absolute atomic E-state index is 0.169. The number of benzene rings is 2. The zero-order chi connectivity index (χ0) is 14.5. The van der Waals surface area contributed by atoms with Crippen LogP contribution in [0.15, 0.2) is 42.5 Å². The molecule has 0 aliphatic heterocycles. The van der Waals surface area contributed by atoms with E-state index in [1.807, 2.05) is 13.1 Å². The molecule has 2 aromatic rings. The number of nitrogens with two attached hydrogens (primary N) is 1.